The number of amides is 1. The van der Waals surface area contributed by atoms with E-state index in [2.05, 4.69) is 40.3 Å². The minimum atomic E-state index is 0. The first-order valence-electron chi connectivity index (χ1n) is 8.31. The number of aromatic nitrogens is 2. The summed E-state index contributed by atoms with van der Waals surface area (Å²) in [7, 11) is 1.86. The molecule has 5 heteroatoms. The zero-order valence-corrected chi connectivity index (χ0v) is 15.9. The van der Waals surface area contributed by atoms with Crippen molar-refractivity contribution in [1.82, 2.24) is 9.47 Å². The zero-order valence-electron chi connectivity index (χ0n) is 15.1. The van der Waals surface area contributed by atoms with Crippen LogP contribution < -0.4 is 17.0 Å². The van der Waals surface area contributed by atoms with E-state index in [0.29, 0.717) is 6.54 Å². The minimum Gasteiger partial charge on any atom is -1.00 e. The van der Waals surface area contributed by atoms with Crippen LogP contribution in [0.15, 0.2) is 54.6 Å². The number of hydrogen-bond acceptors (Lipinski definition) is 1. The van der Waals surface area contributed by atoms with Crippen molar-refractivity contribution < 1.29 is 21.8 Å². The molecule has 1 aromatic heterocycles. The molecule has 0 bridgehead atoms. The Morgan fingerprint density at radius 3 is 2.32 bits per heavy atom. The van der Waals surface area contributed by atoms with Crippen molar-refractivity contribution in [3.05, 3.63) is 60.4 Å². The molecule has 0 unspecified atom stereocenters. The topological polar surface area (TPSA) is 29.1 Å². The van der Waals surface area contributed by atoms with Gasteiger partial charge in [-0.3, -0.25) is 4.79 Å². The molecule has 0 spiro atoms. The summed E-state index contributed by atoms with van der Waals surface area (Å²) in [5.41, 5.74) is 3.29. The summed E-state index contributed by atoms with van der Waals surface area (Å²) < 4.78 is 4.31. The number of carbonyl (C=O) groups excluding carboxylic acids is 1. The fourth-order valence-corrected chi connectivity index (χ4v) is 2.99. The largest absolute Gasteiger partial charge is 1.00 e. The number of benzene rings is 2. The van der Waals surface area contributed by atoms with E-state index in [1.165, 1.54) is 0 Å². The predicted molar refractivity (Wildman–Crippen MR) is 96.1 cm³/mol. The van der Waals surface area contributed by atoms with Gasteiger partial charge in [-0.25, -0.2) is 4.57 Å². The molecule has 1 heterocycles. The van der Waals surface area contributed by atoms with Gasteiger partial charge in [0, 0.05) is 20.0 Å². The Morgan fingerprint density at radius 2 is 1.68 bits per heavy atom. The second-order valence-electron chi connectivity index (χ2n) is 6.39. The van der Waals surface area contributed by atoms with Crippen molar-refractivity contribution in [2.24, 2.45) is 0 Å². The van der Waals surface area contributed by atoms with Gasteiger partial charge in [-0.1, -0.05) is 30.3 Å². The summed E-state index contributed by atoms with van der Waals surface area (Å²) >= 11 is 0. The summed E-state index contributed by atoms with van der Waals surface area (Å²) in [5.74, 6) is 1.17. The van der Waals surface area contributed by atoms with E-state index in [1.807, 2.05) is 51.2 Å². The molecule has 3 rings (SSSR count). The molecule has 0 saturated carbocycles. The number of carbonyl (C=O) groups is 1. The predicted octanol–water partition coefficient (Wildman–Crippen LogP) is 0.0972. The van der Waals surface area contributed by atoms with Gasteiger partial charge in [-0.15, -0.1) is 0 Å². The number of hydrogen-bond donors (Lipinski definition) is 0. The van der Waals surface area contributed by atoms with Crippen molar-refractivity contribution in [3.8, 4) is 5.69 Å². The lowest BCUT2D eigenvalue weighted by Gasteiger charge is -2.20. The summed E-state index contributed by atoms with van der Waals surface area (Å²) in [6.45, 7) is 6.47. The Labute approximate surface area is 155 Å². The van der Waals surface area contributed by atoms with E-state index >= 15 is 0 Å². The number of nitrogens with zero attached hydrogens (tertiary/aromatic N) is 3. The maximum Gasteiger partial charge on any atom is 0.264 e. The van der Waals surface area contributed by atoms with E-state index < -0.39 is 0 Å². The highest BCUT2D eigenvalue weighted by atomic mass is 35.5. The lowest BCUT2D eigenvalue weighted by atomic mass is 10.3. The number of rotatable bonds is 4. The van der Waals surface area contributed by atoms with Gasteiger partial charge in [0.15, 0.2) is 17.6 Å². The number of para-hydroxylation sites is 3. The van der Waals surface area contributed by atoms with Gasteiger partial charge >= 0.3 is 0 Å². The molecule has 0 fully saturated rings. The van der Waals surface area contributed by atoms with Gasteiger partial charge in [0.25, 0.3) is 11.7 Å². The van der Waals surface area contributed by atoms with Gasteiger partial charge in [-0.2, -0.15) is 4.57 Å². The van der Waals surface area contributed by atoms with Crippen LogP contribution in [-0.4, -0.2) is 28.5 Å². The number of likely N-dealkylation sites (N-methyl/N-ethyl adjacent to an activating group) is 1. The summed E-state index contributed by atoms with van der Waals surface area (Å²) in [6, 6.07) is 18.7. The lowest BCUT2D eigenvalue weighted by molar-refractivity contribution is -0.666. The average Bonchev–Trinajstić information content (AvgIpc) is 2.87. The monoisotopic (exact) mass is 357 g/mol. The van der Waals surface area contributed by atoms with E-state index in [-0.39, 0.29) is 24.4 Å². The van der Waals surface area contributed by atoms with Crippen molar-refractivity contribution in [3.63, 3.8) is 0 Å². The van der Waals surface area contributed by atoms with E-state index in [1.54, 1.807) is 4.90 Å². The normalized spacial score (nSPS) is 10.8. The maximum atomic E-state index is 12.6. The molecule has 0 N–H and O–H groups in total. The fourth-order valence-electron chi connectivity index (χ4n) is 2.99. The minimum absolute atomic E-state index is 0. The van der Waals surface area contributed by atoms with Gasteiger partial charge in [-0.05, 0) is 38.1 Å². The molecule has 0 radical (unpaired) electrons. The molecule has 132 valence electrons. The Bertz CT molecular complexity index is 871. The standard InChI is InChI=1S/C20H24N3O.ClH/c1-15(2)21(4)20(24)14-22-16(3)23(17-10-6-5-7-11-17)19-13-9-8-12-18(19)22;/h5-13,15H,14H2,1-4H3;1H/q+1;/p-1. The molecule has 0 aliphatic carbocycles. The van der Waals surface area contributed by atoms with Crippen LogP contribution in [0.25, 0.3) is 16.7 Å². The first-order chi connectivity index (χ1) is 11.5. The zero-order chi connectivity index (χ0) is 17.3. The first-order valence-corrected chi connectivity index (χ1v) is 8.31. The van der Waals surface area contributed by atoms with Gasteiger partial charge in [0.05, 0.1) is 0 Å². The van der Waals surface area contributed by atoms with Crippen LogP contribution in [0.2, 0.25) is 0 Å². The molecule has 0 atom stereocenters. The van der Waals surface area contributed by atoms with Crippen LogP contribution in [0, 0.1) is 6.92 Å². The summed E-state index contributed by atoms with van der Waals surface area (Å²) in [6.07, 6.45) is 0. The Morgan fingerprint density at radius 1 is 1.08 bits per heavy atom. The third kappa shape index (κ3) is 3.54. The number of halogens is 1. The summed E-state index contributed by atoms with van der Waals surface area (Å²) in [4.78, 5) is 14.4. The number of imidazole rings is 1. The van der Waals surface area contributed by atoms with Crippen LogP contribution in [-0.2, 0) is 11.3 Å². The second-order valence-corrected chi connectivity index (χ2v) is 6.39. The molecule has 25 heavy (non-hydrogen) atoms. The Kier molecular flexibility index (Phi) is 5.85. The molecule has 0 saturated heterocycles. The molecular weight excluding hydrogens is 334 g/mol. The molecule has 0 aliphatic heterocycles. The maximum absolute atomic E-state index is 12.6. The smallest absolute Gasteiger partial charge is 0.264 e. The van der Waals surface area contributed by atoms with E-state index in [0.717, 1.165) is 22.5 Å². The van der Waals surface area contributed by atoms with Gasteiger partial charge in [0.2, 0.25) is 0 Å². The highest BCUT2D eigenvalue weighted by molar-refractivity contribution is 5.78. The first kappa shape index (κ1) is 19.0. The SMILES string of the molecule is Cc1n(-c2ccccc2)c2ccccc2[n+]1CC(=O)N(C)C(C)C.[Cl-]. The molecule has 4 nitrogen and oxygen atoms in total. The fraction of sp³-hybridized carbons (Fsp3) is 0.300. The third-order valence-corrected chi connectivity index (χ3v) is 4.60. The average molecular weight is 358 g/mol. The molecule has 3 aromatic rings. The Hall–Kier alpha value is -2.33. The second kappa shape index (κ2) is 7.70. The molecular formula is C20H24ClN3O. The van der Waals surface area contributed by atoms with E-state index in [4.69, 9.17) is 0 Å². The van der Waals surface area contributed by atoms with Crippen LogP contribution in [0.1, 0.15) is 19.7 Å². The van der Waals surface area contributed by atoms with Crippen molar-refractivity contribution in [2.45, 2.75) is 33.4 Å². The Balaban J connectivity index is 0.00000225. The summed E-state index contributed by atoms with van der Waals surface area (Å²) in [5, 5.41) is 0. The van der Waals surface area contributed by atoms with Crippen LogP contribution >= 0.6 is 0 Å². The van der Waals surface area contributed by atoms with Crippen molar-refractivity contribution >= 4 is 16.9 Å². The quantitative estimate of drug-likeness (QED) is 0.609. The molecule has 1 amide bonds. The highest BCUT2D eigenvalue weighted by Crippen LogP contribution is 2.19. The van der Waals surface area contributed by atoms with Crippen LogP contribution in [0.3, 0.4) is 0 Å². The lowest BCUT2D eigenvalue weighted by Crippen LogP contribution is -3.00. The molecule has 0 aliphatic rings. The highest BCUT2D eigenvalue weighted by Gasteiger charge is 2.25. The molecule has 2 aromatic carbocycles. The van der Waals surface area contributed by atoms with Gasteiger partial charge in [0.1, 0.15) is 5.69 Å². The van der Waals surface area contributed by atoms with Crippen LogP contribution in [0.4, 0.5) is 0 Å². The van der Waals surface area contributed by atoms with Gasteiger partial charge < -0.3 is 17.3 Å². The van der Waals surface area contributed by atoms with Crippen molar-refractivity contribution in [2.75, 3.05) is 7.05 Å². The van der Waals surface area contributed by atoms with E-state index in [9.17, 15) is 4.79 Å². The third-order valence-electron chi connectivity index (χ3n) is 4.60. The number of fused-ring (bicyclic) bond motifs is 1. The van der Waals surface area contributed by atoms with Crippen LogP contribution in [0.5, 0.6) is 0 Å². The van der Waals surface area contributed by atoms with Crippen molar-refractivity contribution in [1.29, 1.82) is 0 Å².